The molecular formula is C12H22N2. The Kier molecular flexibility index (Phi) is 9.59. The molecule has 0 aromatic carbocycles. The van der Waals surface area contributed by atoms with Gasteiger partial charge in [-0.1, -0.05) is 36.5 Å². The average Bonchev–Trinajstić information content (AvgIpc) is 2.21. The minimum absolute atomic E-state index is 0.894. The number of nitrogens with one attached hydrogen (secondary N) is 1. The maximum absolute atomic E-state index is 3.33. The Morgan fingerprint density at radius 1 is 0.857 bits per heavy atom. The zero-order valence-corrected chi connectivity index (χ0v) is 9.53. The largest absolute Gasteiger partial charge is 0.251 e. The normalized spacial score (nSPS) is 12.9. The molecule has 0 spiro atoms. The molecule has 0 amide bonds. The summed E-state index contributed by atoms with van der Waals surface area (Å²) in [6.45, 7) is 8.89. The lowest BCUT2D eigenvalue weighted by Gasteiger charge is -2.19. The summed E-state index contributed by atoms with van der Waals surface area (Å²) in [7, 11) is 0. The molecule has 0 fully saturated rings. The first kappa shape index (κ1) is 13.1. The highest BCUT2D eigenvalue weighted by atomic mass is 15.5. The van der Waals surface area contributed by atoms with Crippen LogP contribution in [0.4, 0.5) is 0 Å². The van der Waals surface area contributed by atoms with Gasteiger partial charge in [-0.05, 0) is 20.8 Å². The second-order valence-electron chi connectivity index (χ2n) is 2.97. The average molecular weight is 194 g/mol. The van der Waals surface area contributed by atoms with Crippen LogP contribution in [-0.2, 0) is 0 Å². The second kappa shape index (κ2) is 10.2. The number of hydrogen-bond donors (Lipinski definition) is 1. The predicted octanol–water partition coefficient (Wildman–Crippen LogP) is 2.52. The topological polar surface area (TPSA) is 15.3 Å². The summed E-state index contributed by atoms with van der Waals surface area (Å²) in [5, 5.41) is 2.18. The zero-order chi connectivity index (χ0) is 10.6. The van der Waals surface area contributed by atoms with Crippen LogP contribution in [0.5, 0.6) is 0 Å². The van der Waals surface area contributed by atoms with Crippen LogP contribution in [0.25, 0.3) is 0 Å². The molecule has 0 aromatic heterocycles. The Hall–Kier alpha value is -0.860. The van der Waals surface area contributed by atoms with E-state index in [1.807, 2.05) is 20.8 Å². The molecule has 0 rings (SSSR count). The van der Waals surface area contributed by atoms with Gasteiger partial charge in [-0.15, -0.1) is 0 Å². The van der Waals surface area contributed by atoms with Gasteiger partial charge in [0.05, 0.1) is 0 Å². The first-order valence-electron chi connectivity index (χ1n) is 5.17. The van der Waals surface area contributed by atoms with Crippen LogP contribution in [-0.4, -0.2) is 24.6 Å². The van der Waals surface area contributed by atoms with E-state index in [2.05, 4.69) is 46.9 Å². The monoisotopic (exact) mass is 194 g/mol. The van der Waals surface area contributed by atoms with Crippen LogP contribution in [0, 0.1) is 0 Å². The van der Waals surface area contributed by atoms with Crippen LogP contribution < -0.4 is 5.43 Å². The van der Waals surface area contributed by atoms with E-state index in [1.54, 1.807) is 0 Å². The summed E-state index contributed by atoms with van der Waals surface area (Å²) in [5.41, 5.74) is 3.33. The van der Waals surface area contributed by atoms with E-state index < -0.39 is 0 Å². The van der Waals surface area contributed by atoms with Gasteiger partial charge in [-0.2, -0.15) is 0 Å². The summed E-state index contributed by atoms with van der Waals surface area (Å²) >= 11 is 0. The van der Waals surface area contributed by atoms with Gasteiger partial charge in [0.1, 0.15) is 0 Å². The molecule has 0 aliphatic heterocycles. The van der Waals surface area contributed by atoms with Crippen molar-refractivity contribution in [1.82, 2.24) is 10.4 Å². The minimum atomic E-state index is 0.894. The molecule has 2 nitrogen and oxygen atoms in total. The third-order valence-electron chi connectivity index (χ3n) is 1.79. The molecule has 1 N–H and O–H groups in total. The number of rotatable bonds is 7. The third kappa shape index (κ3) is 7.77. The van der Waals surface area contributed by atoms with Crippen LogP contribution in [0.1, 0.15) is 20.8 Å². The van der Waals surface area contributed by atoms with Gasteiger partial charge in [0.2, 0.25) is 0 Å². The molecule has 0 saturated heterocycles. The Bertz CT molecular complexity index is 178. The van der Waals surface area contributed by atoms with Crippen LogP contribution in [0.2, 0.25) is 0 Å². The Morgan fingerprint density at radius 2 is 1.36 bits per heavy atom. The highest BCUT2D eigenvalue weighted by Crippen LogP contribution is 1.86. The Labute approximate surface area is 88.0 Å². The maximum Gasteiger partial charge on any atom is 0.0315 e. The van der Waals surface area contributed by atoms with Crippen LogP contribution in [0.3, 0.4) is 0 Å². The van der Waals surface area contributed by atoms with Crippen LogP contribution >= 0.6 is 0 Å². The number of hydrazine groups is 1. The number of hydrogen-bond acceptors (Lipinski definition) is 2. The lowest BCUT2D eigenvalue weighted by Crippen LogP contribution is -2.38. The lowest BCUT2D eigenvalue weighted by atomic mass is 10.4. The van der Waals surface area contributed by atoms with E-state index >= 15 is 0 Å². The second-order valence-corrected chi connectivity index (χ2v) is 2.97. The first-order chi connectivity index (χ1) is 6.85. The van der Waals surface area contributed by atoms with Crippen LogP contribution in [0.15, 0.2) is 36.5 Å². The lowest BCUT2D eigenvalue weighted by molar-refractivity contribution is 0.245. The van der Waals surface area contributed by atoms with Crippen molar-refractivity contribution < 1.29 is 0 Å². The molecule has 0 aliphatic rings. The molecule has 0 aromatic rings. The smallest absolute Gasteiger partial charge is 0.0315 e. The Balaban J connectivity index is 3.83. The molecule has 14 heavy (non-hydrogen) atoms. The van der Waals surface area contributed by atoms with Crippen molar-refractivity contribution in [3.8, 4) is 0 Å². The summed E-state index contributed by atoms with van der Waals surface area (Å²) in [6.07, 6.45) is 12.6. The van der Waals surface area contributed by atoms with Gasteiger partial charge < -0.3 is 0 Å². The van der Waals surface area contributed by atoms with Gasteiger partial charge in [0.25, 0.3) is 0 Å². The van der Waals surface area contributed by atoms with E-state index in [4.69, 9.17) is 0 Å². The van der Waals surface area contributed by atoms with Crippen molar-refractivity contribution in [2.45, 2.75) is 20.8 Å². The molecule has 0 aliphatic carbocycles. The van der Waals surface area contributed by atoms with Crippen molar-refractivity contribution in [3.63, 3.8) is 0 Å². The summed E-state index contributed by atoms with van der Waals surface area (Å²) < 4.78 is 0. The standard InChI is InChI=1S/C12H22N2/c1-4-7-10-13-14(11-8-5-2)12-9-6-3/h4-9,13H,10-12H2,1-3H3/b7-4+,8-5+,9-6+. The molecule has 0 saturated carbocycles. The highest BCUT2D eigenvalue weighted by Gasteiger charge is 1.96. The molecule has 0 radical (unpaired) electrons. The molecule has 80 valence electrons. The van der Waals surface area contributed by atoms with Crippen molar-refractivity contribution in [2.24, 2.45) is 0 Å². The fourth-order valence-corrected chi connectivity index (χ4v) is 0.969. The van der Waals surface area contributed by atoms with Gasteiger partial charge in [-0.3, -0.25) is 5.43 Å². The van der Waals surface area contributed by atoms with E-state index in [9.17, 15) is 0 Å². The van der Waals surface area contributed by atoms with E-state index in [0.717, 1.165) is 19.6 Å². The fraction of sp³-hybridized carbons (Fsp3) is 0.500. The number of nitrogens with zero attached hydrogens (tertiary/aromatic N) is 1. The summed E-state index contributed by atoms with van der Waals surface area (Å²) in [6, 6.07) is 0. The van der Waals surface area contributed by atoms with Crippen molar-refractivity contribution in [2.75, 3.05) is 19.6 Å². The van der Waals surface area contributed by atoms with E-state index in [1.165, 1.54) is 0 Å². The molecule has 2 heteroatoms. The molecule has 0 bridgehead atoms. The predicted molar refractivity (Wildman–Crippen MR) is 64.0 cm³/mol. The zero-order valence-electron chi connectivity index (χ0n) is 9.53. The van der Waals surface area contributed by atoms with Gasteiger partial charge >= 0.3 is 0 Å². The molecular weight excluding hydrogens is 172 g/mol. The van der Waals surface area contributed by atoms with E-state index in [0.29, 0.717) is 0 Å². The third-order valence-corrected chi connectivity index (χ3v) is 1.79. The maximum atomic E-state index is 3.33. The van der Waals surface area contributed by atoms with Crippen molar-refractivity contribution in [1.29, 1.82) is 0 Å². The number of allylic oxidation sites excluding steroid dienone is 3. The fourth-order valence-electron chi connectivity index (χ4n) is 0.969. The van der Waals surface area contributed by atoms with Crippen molar-refractivity contribution in [3.05, 3.63) is 36.5 Å². The molecule has 0 unspecified atom stereocenters. The van der Waals surface area contributed by atoms with Gasteiger partial charge in [0.15, 0.2) is 0 Å². The highest BCUT2D eigenvalue weighted by molar-refractivity contribution is 4.87. The first-order valence-corrected chi connectivity index (χ1v) is 5.17. The Morgan fingerprint density at radius 3 is 1.79 bits per heavy atom. The SMILES string of the molecule is C/C=C/CNN(C/C=C/C)C/C=C/C. The quantitative estimate of drug-likeness (QED) is 0.495. The minimum Gasteiger partial charge on any atom is -0.251 e. The van der Waals surface area contributed by atoms with E-state index in [-0.39, 0.29) is 0 Å². The molecule has 0 heterocycles. The van der Waals surface area contributed by atoms with Crippen molar-refractivity contribution >= 4 is 0 Å². The van der Waals surface area contributed by atoms with Gasteiger partial charge in [0, 0.05) is 19.6 Å². The van der Waals surface area contributed by atoms with Gasteiger partial charge in [-0.25, -0.2) is 5.01 Å². The molecule has 0 atom stereocenters. The summed E-state index contributed by atoms with van der Waals surface area (Å²) in [5.74, 6) is 0. The summed E-state index contributed by atoms with van der Waals surface area (Å²) in [4.78, 5) is 0.